The fraction of sp³-hybridized carbons (Fsp3) is 0.240. The lowest BCUT2D eigenvalue weighted by molar-refractivity contribution is 0.0519. The van der Waals surface area contributed by atoms with Gasteiger partial charge in [-0.3, -0.25) is 4.99 Å². The largest absolute Gasteiger partial charge is 0.497 e. The summed E-state index contributed by atoms with van der Waals surface area (Å²) in [6.45, 7) is 4.94. The van der Waals surface area contributed by atoms with Gasteiger partial charge in [-0.2, -0.15) is 0 Å². The van der Waals surface area contributed by atoms with Gasteiger partial charge in [0.25, 0.3) is 0 Å². The first-order chi connectivity index (χ1) is 15.1. The highest BCUT2D eigenvalue weighted by molar-refractivity contribution is 6.18. The molecule has 1 N–H and O–H groups in total. The predicted molar refractivity (Wildman–Crippen MR) is 121 cm³/mol. The molecule has 2 aromatic heterocycles. The Morgan fingerprint density at radius 3 is 2.84 bits per heavy atom. The van der Waals surface area contributed by atoms with Crippen LogP contribution in [0.5, 0.6) is 5.75 Å². The zero-order valence-electron chi connectivity index (χ0n) is 17.8. The van der Waals surface area contributed by atoms with Gasteiger partial charge in [-0.05, 0) is 67.8 Å². The van der Waals surface area contributed by atoms with Crippen LogP contribution in [0.4, 0.5) is 0 Å². The Hall–Kier alpha value is -3.67. The summed E-state index contributed by atoms with van der Waals surface area (Å²) in [6, 6.07) is 13.6. The first-order valence-electron chi connectivity index (χ1n) is 10.4. The third-order valence-electron chi connectivity index (χ3n) is 5.85. The molecule has 0 saturated heterocycles. The lowest BCUT2D eigenvalue weighted by Crippen LogP contribution is -2.18. The van der Waals surface area contributed by atoms with Gasteiger partial charge in [-0.15, -0.1) is 0 Å². The second kappa shape index (κ2) is 7.54. The molecular formula is C25H23N3O3. The standard InChI is InChI=1S/C25H23N3O3/c1-4-31-25(29)22-7-5-6-21(27-22)24-18-13-19-17-12-15(30-3)8-9-20(17)28-23(19)14(2)16(18)10-11-26-24/h5-9,12-13,28H,4,10-11H2,1-3H3. The molecule has 0 bridgehead atoms. The van der Waals surface area contributed by atoms with Crippen molar-refractivity contribution < 1.29 is 14.3 Å². The average molecular weight is 413 g/mol. The minimum atomic E-state index is -0.420. The van der Waals surface area contributed by atoms with E-state index in [4.69, 9.17) is 14.5 Å². The SMILES string of the molecule is CCOC(=O)c1cccc(C2=NCCc3c2cc2c([nH]c4ccc(OC)cc42)c3C)n1. The number of H-pyrrole nitrogens is 1. The van der Waals surface area contributed by atoms with E-state index >= 15 is 0 Å². The summed E-state index contributed by atoms with van der Waals surface area (Å²) in [5.74, 6) is 0.401. The normalized spacial score (nSPS) is 13.2. The van der Waals surface area contributed by atoms with Crippen LogP contribution >= 0.6 is 0 Å². The number of aromatic amines is 1. The molecule has 6 heteroatoms. The second-order valence-corrected chi connectivity index (χ2v) is 7.60. The highest BCUT2D eigenvalue weighted by atomic mass is 16.5. The lowest BCUT2D eigenvalue weighted by atomic mass is 9.89. The molecule has 0 amide bonds. The predicted octanol–water partition coefficient (Wildman–Crippen LogP) is 4.60. The number of ether oxygens (including phenoxy) is 2. The number of nitrogens with zero attached hydrogens (tertiary/aromatic N) is 2. The minimum absolute atomic E-state index is 0.295. The van der Waals surface area contributed by atoms with Gasteiger partial charge in [-0.25, -0.2) is 9.78 Å². The number of carbonyl (C=O) groups is 1. The molecule has 3 heterocycles. The number of hydrogen-bond acceptors (Lipinski definition) is 5. The number of benzene rings is 2. The molecule has 156 valence electrons. The Bertz CT molecular complexity index is 1370. The van der Waals surface area contributed by atoms with E-state index in [0.717, 1.165) is 45.3 Å². The molecule has 6 nitrogen and oxygen atoms in total. The summed E-state index contributed by atoms with van der Waals surface area (Å²) >= 11 is 0. The number of fused-ring (bicyclic) bond motifs is 4. The van der Waals surface area contributed by atoms with E-state index in [9.17, 15) is 4.79 Å². The van der Waals surface area contributed by atoms with Crippen LogP contribution in [0.2, 0.25) is 0 Å². The molecule has 0 radical (unpaired) electrons. The summed E-state index contributed by atoms with van der Waals surface area (Å²) in [4.78, 5) is 25.1. The van der Waals surface area contributed by atoms with Crippen molar-refractivity contribution in [3.63, 3.8) is 0 Å². The van der Waals surface area contributed by atoms with Crippen molar-refractivity contribution in [2.75, 3.05) is 20.3 Å². The maximum Gasteiger partial charge on any atom is 0.356 e. The monoisotopic (exact) mass is 413 g/mol. The van der Waals surface area contributed by atoms with Crippen LogP contribution < -0.4 is 4.74 Å². The number of nitrogens with one attached hydrogen (secondary N) is 1. The third kappa shape index (κ3) is 3.15. The van der Waals surface area contributed by atoms with E-state index in [-0.39, 0.29) is 0 Å². The Kier molecular flexibility index (Phi) is 4.70. The van der Waals surface area contributed by atoms with Crippen LogP contribution in [0.3, 0.4) is 0 Å². The summed E-state index contributed by atoms with van der Waals surface area (Å²) < 4.78 is 10.6. The zero-order valence-corrected chi connectivity index (χ0v) is 17.8. The molecule has 1 aliphatic heterocycles. The fourth-order valence-electron chi connectivity index (χ4n) is 4.35. The molecular weight excluding hydrogens is 390 g/mol. The second-order valence-electron chi connectivity index (χ2n) is 7.60. The fourth-order valence-corrected chi connectivity index (χ4v) is 4.35. The first-order valence-corrected chi connectivity index (χ1v) is 10.4. The van der Waals surface area contributed by atoms with Gasteiger partial charge in [0, 0.05) is 33.9 Å². The lowest BCUT2D eigenvalue weighted by Gasteiger charge is -2.20. The van der Waals surface area contributed by atoms with Crippen LogP contribution in [0.25, 0.3) is 21.8 Å². The van der Waals surface area contributed by atoms with Gasteiger partial charge in [-0.1, -0.05) is 6.07 Å². The van der Waals surface area contributed by atoms with E-state index in [2.05, 4.69) is 29.0 Å². The number of aliphatic imine (C=N–C) groups is 1. The zero-order chi connectivity index (χ0) is 21.5. The van der Waals surface area contributed by atoms with E-state index in [1.165, 1.54) is 11.1 Å². The summed E-state index contributed by atoms with van der Waals surface area (Å²) in [5.41, 5.74) is 7.55. The molecule has 0 spiro atoms. The van der Waals surface area contributed by atoms with Crippen LogP contribution in [-0.4, -0.2) is 41.9 Å². The van der Waals surface area contributed by atoms with E-state index in [0.29, 0.717) is 24.5 Å². The van der Waals surface area contributed by atoms with Gasteiger partial charge in [0.05, 0.1) is 25.1 Å². The van der Waals surface area contributed by atoms with Gasteiger partial charge in [0.2, 0.25) is 0 Å². The Morgan fingerprint density at radius 1 is 1.16 bits per heavy atom. The molecule has 4 aromatic rings. The third-order valence-corrected chi connectivity index (χ3v) is 5.85. The van der Waals surface area contributed by atoms with Crippen molar-refractivity contribution in [3.05, 3.63) is 70.5 Å². The van der Waals surface area contributed by atoms with Gasteiger partial charge in [0.1, 0.15) is 11.4 Å². The van der Waals surface area contributed by atoms with Crippen LogP contribution in [0, 0.1) is 6.92 Å². The van der Waals surface area contributed by atoms with Crippen molar-refractivity contribution >= 4 is 33.5 Å². The van der Waals surface area contributed by atoms with Crippen molar-refractivity contribution in [3.8, 4) is 5.75 Å². The topological polar surface area (TPSA) is 76.6 Å². The number of aromatic nitrogens is 2. The number of rotatable bonds is 4. The summed E-state index contributed by atoms with van der Waals surface area (Å²) in [6.07, 6.45) is 0.872. The number of carbonyl (C=O) groups excluding carboxylic acids is 1. The smallest absolute Gasteiger partial charge is 0.356 e. The van der Waals surface area contributed by atoms with Gasteiger partial charge < -0.3 is 14.5 Å². The molecule has 5 rings (SSSR count). The number of aryl methyl sites for hydroxylation is 1. The molecule has 31 heavy (non-hydrogen) atoms. The number of esters is 1. The van der Waals surface area contributed by atoms with Crippen molar-refractivity contribution in [2.45, 2.75) is 20.3 Å². The van der Waals surface area contributed by atoms with Gasteiger partial charge in [0.15, 0.2) is 0 Å². The van der Waals surface area contributed by atoms with E-state index < -0.39 is 5.97 Å². The quantitative estimate of drug-likeness (QED) is 0.496. The molecule has 0 aliphatic carbocycles. The Labute approximate surface area is 179 Å². The summed E-state index contributed by atoms with van der Waals surface area (Å²) in [5, 5.41) is 2.24. The minimum Gasteiger partial charge on any atom is -0.497 e. The van der Waals surface area contributed by atoms with Crippen LogP contribution in [0.15, 0.2) is 47.5 Å². The summed E-state index contributed by atoms with van der Waals surface area (Å²) in [7, 11) is 1.68. The molecule has 0 saturated carbocycles. The number of methoxy groups -OCH3 is 1. The first kappa shape index (κ1) is 19.3. The van der Waals surface area contributed by atoms with E-state index in [1.807, 2.05) is 24.3 Å². The number of pyridine rings is 1. The van der Waals surface area contributed by atoms with Crippen molar-refractivity contribution in [1.82, 2.24) is 9.97 Å². The highest BCUT2D eigenvalue weighted by Gasteiger charge is 2.23. The molecule has 0 fully saturated rings. The molecule has 0 unspecified atom stereocenters. The molecule has 0 atom stereocenters. The van der Waals surface area contributed by atoms with Crippen molar-refractivity contribution in [2.24, 2.45) is 4.99 Å². The average Bonchev–Trinajstić information content (AvgIpc) is 3.17. The Morgan fingerprint density at radius 2 is 2.03 bits per heavy atom. The highest BCUT2D eigenvalue weighted by Crippen LogP contribution is 2.35. The maximum atomic E-state index is 12.2. The maximum absolute atomic E-state index is 12.2. The van der Waals surface area contributed by atoms with Crippen LogP contribution in [0.1, 0.15) is 39.8 Å². The Balaban J connectivity index is 1.70. The molecule has 1 aliphatic rings. The van der Waals surface area contributed by atoms with Gasteiger partial charge >= 0.3 is 5.97 Å². The van der Waals surface area contributed by atoms with E-state index in [1.54, 1.807) is 20.1 Å². The number of hydrogen-bond donors (Lipinski definition) is 1. The molecule has 2 aromatic carbocycles. The van der Waals surface area contributed by atoms with Crippen LogP contribution in [-0.2, 0) is 11.2 Å². The van der Waals surface area contributed by atoms with Crippen molar-refractivity contribution in [1.29, 1.82) is 0 Å².